The van der Waals surface area contributed by atoms with Crippen LogP contribution in [-0.2, 0) is 26.2 Å². The van der Waals surface area contributed by atoms with Gasteiger partial charge in [-0.1, -0.05) is 12.1 Å². The average molecular weight is 510 g/mol. The predicted molar refractivity (Wildman–Crippen MR) is 129 cm³/mol. The van der Waals surface area contributed by atoms with Crippen molar-refractivity contribution in [3.05, 3.63) is 35.9 Å². The molecule has 0 aliphatic carbocycles. The van der Waals surface area contributed by atoms with E-state index in [-0.39, 0.29) is 34.4 Å². The highest BCUT2D eigenvalue weighted by molar-refractivity contribution is 8.02. The first-order valence-electron chi connectivity index (χ1n) is 10.8. The first-order valence-corrected chi connectivity index (χ1v) is 14.1. The number of carbonyl (C=O) groups is 2. The third-order valence-electron chi connectivity index (χ3n) is 5.32. The number of anilines is 1. The van der Waals surface area contributed by atoms with E-state index in [0.29, 0.717) is 25.3 Å². The molecular formula is C22H27N3O5S3. The molecule has 2 aliphatic heterocycles. The molecule has 4 rings (SSSR count). The van der Waals surface area contributed by atoms with Gasteiger partial charge < -0.3 is 15.0 Å². The van der Waals surface area contributed by atoms with Crippen molar-refractivity contribution < 1.29 is 22.7 Å². The molecule has 178 valence electrons. The Bertz CT molecular complexity index is 1120. The second-order valence-corrected chi connectivity index (χ2v) is 12.7. The van der Waals surface area contributed by atoms with E-state index in [9.17, 15) is 18.0 Å². The summed E-state index contributed by atoms with van der Waals surface area (Å²) in [4.78, 5) is 26.6. The third kappa shape index (κ3) is 5.53. The van der Waals surface area contributed by atoms with E-state index in [2.05, 4.69) is 5.32 Å². The number of hydrogen-bond acceptors (Lipinski definition) is 7. The molecule has 1 saturated heterocycles. The van der Waals surface area contributed by atoms with Crippen molar-refractivity contribution in [2.24, 2.45) is 0 Å². The molecule has 1 aromatic heterocycles. The van der Waals surface area contributed by atoms with Crippen molar-refractivity contribution in [3.8, 4) is 5.75 Å². The maximum absolute atomic E-state index is 12.9. The van der Waals surface area contributed by atoms with Gasteiger partial charge in [-0.2, -0.15) is 4.31 Å². The van der Waals surface area contributed by atoms with Crippen LogP contribution in [0.4, 0.5) is 5.69 Å². The Balaban J connectivity index is 1.41. The summed E-state index contributed by atoms with van der Waals surface area (Å²) in [6, 6.07) is 9.01. The van der Waals surface area contributed by atoms with Crippen LogP contribution in [0.15, 0.2) is 38.8 Å². The van der Waals surface area contributed by atoms with Gasteiger partial charge in [0.05, 0.1) is 21.8 Å². The van der Waals surface area contributed by atoms with Crippen LogP contribution in [0.3, 0.4) is 0 Å². The van der Waals surface area contributed by atoms with Crippen molar-refractivity contribution in [3.63, 3.8) is 0 Å². The molecule has 11 heteroatoms. The summed E-state index contributed by atoms with van der Waals surface area (Å²) in [7, 11) is -3.57. The van der Waals surface area contributed by atoms with Gasteiger partial charge in [-0.05, 0) is 50.5 Å². The molecular weight excluding hydrogens is 482 g/mol. The molecule has 0 unspecified atom stereocenters. The SMILES string of the molecule is CC(C)Oc1ccc(CNC(=O)CN2C(=O)CSc3sc(S(=O)(=O)N4CCCC4)cc32)cc1. The van der Waals surface area contributed by atoms with Crippen LogP contribution in [0.2, 0.25) is 0 Å². The van der Waals surface area contributed by atoms with Crippen LogP contribution in [0.5, 0.6) is 5.75 Å². The zero-order chi connectivity index (χ0) is 23.6. The molecule has 0 radical (unpaired) electrons. The summed E-state index contributed by atoms with van der Waals surface area (Å²) in [5.41, 5.74) is 1.42. The van der Waals surface area contributed by atoms with Gasteiger partial charge in [-0.3, -0.25) is 9.59 Å². The van der Waals surface area contributed by atoms with Crippen molar-refractivity contribution in [1.29, 1.82) is 0 Å². The third-order valence-corrected chi connectivity index (χ3v) is 10.1. The summed E-state index contributed by atoms with van der Waals surface area (Å²) >= 11 is 2.50. The number of ether oxygens (including phenoxy) is 1. The van der Waals surface area contributed by atoms with Gasteiger partial charge in [0, 0.05) is 19.6 Å². The lowest BCUT2D eigenvalue weighted by molar-refractivity contribution is -0.123. The monoisotopic (exact) mass is 509 g/mol. The highest BCUT2D eigenvalue weighted by atomic mass is 32.3. The van der Waals surface area contributed by atoms with Gasteiger partial charge in [0.1, 0.15) is 16.5 Å². The van der Waals surface area contributed by atoms with Crippen LogP contribution in [0.25, 0.3) is 0 Å². The van der Waals surface area contributed by atoms with Crippen LogP contribution in [-0.4, -0.2) is 56.0 Å². The molecule has 0 spiro atoms. The van der Waals surface area contributed by atoms with Crippen LogP contribution < -0.4 is 15.0 Å². The molecule has 3 heterocycles. The second kappa shape index (κ2) is 10.0. The van der Waals surface area contributed by atoms with Gasteiger partial charge in [-0.25, -0.2) is 8.42 Å². The lowest BCUT2D eigenvalue weighted by atomic mass is 10.2. The number of nitrogens with one attached hydrogen (secondary N) is 1. The number of carbonyl (C=O) groups excluding carboxylic acids is 2. The fourth-order valence-electron chi connectivity index (χ4n) is 3.69. The normalized spacial score (nSPS) is 16.8. The summed E-state index contributed by atoms with van der Waals surface area (Å²) in [5, 5.41) is 2.84. The number of thiophene rings is 1. The Labute approximate surface area is 202 Å². The zero-order valence-electron chi connectivity index (χ0n) is 18.6. The molecule has 2 amide bonds. The van der Waals surface area contributed by atoms with Crippen LogP contribution in [0, 0.1) is 0 Å². The minimum Gasteiger partial charge on any atom is -0.491 e. The van der Waals surface area contributed by atoms with Gasteiger partial charge in [0.15, 0.2) is 0 Å². The highest BCUT2D eigenvalue weighted by Crippen LogP contribution is 2.44. The molecule has 2 aliphatic rings. The Morgan fingerprint density at radius 2 is 1.88 bits per heavy atom. The molecule has 33 heavy (non-hydrogen) atoms. The van der Waals surface area contributed by atoms with E-state index < -0.39 is 10.0 Å². The smallest absolute Gasteiger partial charge is 0.252 e. The second-order valence-electron chi connectivity index (χ2n) is 8.21. The molecule has 8 nitrogen and oxygen atoms in total. The number of sulfonamides is 1. The van der Waals surface area contributed by atoms with E-state index >= 15 is 0 Å². The fourth-order valence-corrected chi connectivity index (χ4v) is 8.12. The van der Waals surface area contributed by atoms with Crippen molar-refractivity contribution >= 4 is 50.6 Å². The average Bonchev–Trinajstić information content (AvgIpc) is 3.46. The number of nitrogens with zero attached hydrogens (tertiary/aromatic N) is 2. The molecule has 1 N–H and O–H groups in total. The van der Waals surface area contributed by atoms with Gasteiger partial charge in [0.25, 0.3) is 10.0 Å². The summed E-state index contributed by atoms with van der Waals surface area (Å²) in [6.45, 7) is 5.13. The van der Waals surface area contributed by atoms with E-state index in [1.54, 1.807) is 6.07 Å². The molecule has 2 aromatic rings. The van der Waals surface area contributed by atoms with Gasteiger partial charge in [-0.15, -0.1) is 23.1 Å². The Morgan fingerprint density at radius 1 is 1.18 bits per heavy atom. The molecule has 0 atom stereocenters. The van der Waals surface area contributed by atoms with E-state index in [1.165, 1.54) is 32.3 Å². The topological polar surface area (TPSA) is 96.0 Å². The van der Waals surface area contributed by atoms with E-state index in [4.69, 9.17) is 4.74 Å². The molecule has 0 bridgehead atoms. The first-order chi connectivity index (χ1) is 15.7. The summed E-state index contributed by atoms with van der Waals surface area (Å²) in [5.74, 6) is 0.433. The molecule has 1 aromatic carbocycles. The van der Waals surface area contributed by atoms with E-state index in [0.717, 1.165) is 28.4 Å². The maximum atomic E-state index is 12.9. The Kier molecular flexibility index (Phi) is 7.32. The maximum Gasteiger partial charge on any atom is 0.252 e. The number of rotatable bonds is 8. The van der Waals surface area contributed by atoms with Crippen LogP contribution in [0.1, 0.15) is 32.3 Å². The lowest BCUT2D eigenvalue weighted by Gasteiger charge is -2.25. The lowest BCUT2D eigenvalue weighted by Crippen LogP contribution is -2.42. The Morgan fingerprint density at radius 3 is 2.55 bits per heavy atom. The standard InChI is InChI=1S/C22H27N3O5S3/c1-15(2)30-17-7-5-16(6-8-17)12-23-19(26)13-25-18-11-21(32-22(18)31-14-20(25)27)33(28,29)24-9-3-4-10-24/h5-8,11,15H,3-4,9-10,12-14H2,1-2H3,(H,23,26). The fraction of sp³-hybridized carbons (Fsp3) is 0.455. The van der Waals surface area contributed by atoms with Crippen molar-refractivity contribution in [2.75, 3.05) is 30.3 Å². The van der Waals surface area contributed by atoms with E-state index in [1.807, 2.05) is 38.1 Å². The minimum absolute atomic E-state index is 0.0867. The summed E-state index contributed by atoms with van der Waals surface area (Å²) in [6.07, 6.45) is 1.80. The highest BCUT2D eigenvalue weighted by Gasteiger charge is 2.34. The Hall–Kier alpha value is -2.08. The molecule has 0 saturated carbocycles. The van der Waals surface area contributed by atoms with Gasteiger partial charge >= 0.3 is 0 Å². The first kappa shape index (κ1) is 24.1. The largest absolute Gasteiger partial charge is 0.491 e. The quantitative estimate of drug-likeness (QED) is 0.588. The zero-order valence-corrected chi connectivity index (χ0v) is 21.0. The number of hydrogen-bond donors (Lipinski definition) is 1. The number of fused-ring (bicyclic) bond motifs is 1. The predicted octanol–water partition coefficient (Wildman–Crippen LogP) is 3.07. The summed E-state index contributed by atoms with van der Waals surface area (Å²) < 4.78 is 34.0. The van der Waals surface area contributed by atoms with Gasteiger partial charge in [0.2, 0.25) is 11.8 Å². The minimum atomic E-state index is -3.57. The van der Waals surface area contributed by atoms with Crippen molar-refractivity contribution in [1.82, 2.24) is 9.62 Å². The number of thioether (sulfide) groups is 1. The number of benzene rings is 1. The number of amides is 2. The van der Waals surface area contributed by atoms with Crippen LogP contribution >= 0.6 is 23.1 Å². The van der Waals surface area contributed by atoms with Crippen molar-refractivity contribution in [2.45, 2.75) is 47.8 Å². The molecule has 1 fully saturated rings.